The summed E-state index contributed by atoms with van der Waals surface area (Å²) in [7, 11) is -0.979. The summed E-state index contributed by atoms with van der Waals surface area (Å²) in [5.41, 5.74) is -0.229. The van der Waals surface area contributed by atoms with Crippen LogP contribution in [-0.2, 0) is 8.85 Å². The van der Waals surface area contributed by atoms with E-state index in [4.69, 9.17) is 8.85 Å². The molecule has 0 radical (unpaired) electrons. The monoisotopic (exact) mass is 480 g/mol. The first kappa shape index (κ1) is 28.0. The van der Waals surface area contributed by atoms with Gasteiger partial charge in [0.1, 0.15) is 6.29 Å². The molecule has 5 atom stereocenters. The Morgan fingerprint density at radius 3 is 2.28 bits per heavy atom. The van der Waals surface area contributed by atoms with Gasteiger partial charge >= 0.3 is 0 Å². The highest BCUT2D eigenvalue weighted by Gasteiger charge is 2.54. The van der Waals surface area contributed by atoms with Gasteiger partial charge in [-0.05, 0) is 75.0 Å². The van der Waals surface area contributed by atoms with E-state index in [1.807, 2.05) is 26.0 Å². The van der Waals surface area contributed by atoms with Gasteiger partial charge in [-0.15, -0.1) is 0 Å². The lowest BCUT2D eigenvalue weighted by Gasteiger charge is -2.59. The number of aliphatic hydroxyl groups is 1. The SMILES string of the molecule is C[SiH2]OC(O[SiH2]C)C(C)(C)[C@H]1CCC[C@@]2(C)[C@@H](C(C)CC=CC=CC(C)(C)O)CCC[C@H]12. The summed E-state index contributed by atoms with van der Waals surface area (Å²) < 4.78 is 12.6. The Hall–Kier alpha value is -0.206. The van der Waals surface area contributed by atoms with Crippen LogP contribution in [0.3, 0.4) is 0 Å². The predicted octanol–water partition coefficient (Wildman–Crippen LogP) is 5.77. The molecule has 2 aliphatic rings. The number of allylic oxidation sites excluding steroid dienone is 3. The van der Waals surface area contributed by atoms with E-state index in [0.29, 0.717) is 17.3 Å². The fraction of sp³-hybridized carbons (Fsp3) is 0.852. The van der Waals surface area contributed by atoms with Gasteiger partial charge in [0.25, 0.3) is 0 Å². The van der Waals surface area contributed by atoms with E-state index < -0.39 is 25.1 Å². The molecule has 2 rings (SSSR count). The van der Waals surface area contributed by atoms with E-state index in [0.717, 1.165) is 18.3 Å². The Labute approximate surface area is 203 Å². The molecule has 0 heterocycles. The topological polar surface area (TPSA) is 38.7 Å². The Morgan fingerprint density at radius 1 is 1.03 bits per heavy atom. The molecule has 1 N–H and O–H groups in total. The molecule has 0 aromatic carbocycles. The molecule has 0 aliphatic heterocycles. The molecule has 0 bridgehead atoms. The molecule has 32 heavy (non-hydrogen) atoms. The second-order valence-corrected chi connectivity index (χ2v) is 13.7. The third-order valence-electron chi connectivity index (χ3n) is 8.59. The van der Waals surface area contributed by atoms with Gasteiger partial charge in [0.15, 0.2) is 19.5 Å². The minimum Gasteiger partial charge on any atom is -0.400 e. The maximum absolute atomic E-state index is 9.86. The van der Waals surface area contributed by atoms with Crippen molar-refractivity contribution >= 4 is 19.5 Å². The van der Waals surface area contributed by atoms with Crippen molar-refractivity contribution in [2.45, 2.75) is 111 Å². The second-order valence-electron chi connectivity index (χ2n) is 11.9. The normalized spacial score (nSPS) is 32.5. The van der Waals surface area contributed by atoms with E-state index in [-0.39, 0.29) is 11.7 Å². The van der Waals surface area contributed by atoms with Crippen LogP contribution in [-0.4, -0.2) is 36.5 Å². The summed E-state index contributed by atoms with van der Waals surface area (Å²) in [5.74, 6) is 2.93. The molecule has 0 amide bonds. The summed E-state index contributed by atoms with van der Waals surface area (Å²) in [5, 5.41) is 9.86. The van der Waals surface area contributed by atoms with Gasteiger partial charge in [0, 0.05) is 5.41 Å². The summed E-state index contributed by atoms with van der Waals surface area (Å²) >= 11 is 0. The zero-order chi connectivity index (χ0) is 24.0. The van der Waals surface area contributed by atoms with Crippen molar-refractivity contribution in [3.05, 3.63) is 24.3 Å². The lowest BCUT2D eigenvalue weighted by atomic mass is 9.47. The first-order valence-electron chi connectivity index (χ1n) is 13.3. The zero-order valence-corrected chi connectivity index (χ0v) is 25.2. The van der Waals surface area contributed by atoms with Crippen molar-refractivity contribution in [3.8, 4) is 0 Å². The van der Waals surface area contributed by atoms with Crippen LogP contribution in [0.1, 0.15) is 86.5 Å². The Bertz CT molecular complexity index is 619. The Morgan fingerprint density at radius 2 is 1.69 bits per heavy atom. The van der Waals surface area contributed by atoms with Crippen LogP contribution in [0.5, 0.6) is 0 Å². The molecule has 0 saturated heterocycles. The van der Waals surface area contributed by atoms with Crippen LogP contribution in [0.4, 0.5) is 0 Å². The lowest BCUT2D eigenvalue weighted by Crippen LogP contribution is -2.53. The molecule has 0 aromatic heterocycles. The molecule has 2 fully saturated rings. The lowest BCUT2D eigenvalue weighted by molar-refractivity contribution is -0.158. The molecule has 2 aliphatic carbocycles. The molecular formula is C27H52O3Si2. The first-order valence-corrected chi connectivity index (χ1v) is 17.3. The highest BCUT2D eigenvalue weighted by atomic mass is 28.2. The summed E-state index contributed by atoms with van der Waals surface area (Å²) in [6, 6.07) is 0. The standard InChI is InChI=1S/C27H52O3Si2/c1-20(14-10-9-11-18-25(2,3)28)21-15-12-16-23-22(17-13-19-27(21,23)6)26(4,5)24(29-31-7)30-32-8/h9-11,18,20-24,28H,12-17,19,31-32H2,1-8H3/t20?,21-,22+,23-,27+/m1/s1. The van der Waals surface area contributed by atoms with Crippen molar-refractivity contribution in [2.24, 2.45) is 34.5 Å². The smallest absolute Gasteiger partial charge is 0.161 e. The van der Waals surface area contributed by atoms with Crippen molar-refractivity contribution < 1.29 is 14.0 Å². The molecule has 2 saturated carbocycles. The van der Waals surface area contributed by atoms with Crippen LogP contribution < -0.4 is 0 Å². The number of hydrogen-bond donors (Lipinski definition) is 1. The van der Waals surface area contributed by atoms with Crippen molar-refractivity contribution in [2.75, 3.05) is 0 Å². The molecule has 1 unspecified atom stereocenters. The van der Waals surface area contributed by atoms with Crippen molar-refractivity contribution in [1.82, 2.24) is 0 Å². The van der Waals surface area contributed by atoms with Gasteiger partial charge in [0.2, 0.25) is 0 Å². The second kappa shape index (κ2) is 12.0. The van der Waals surface area contributed by atoms with Crippen LogP contribution in [0, 0.1) is 34.5 Å². The van der Waals surface area contributed by atoms with Gasteiger partial charge in [0.05, 0.1) is 5.60 Å². The summed E-state index contributed by atoms with van der Waals surface area (Å²) in [6.07, 6.45) is 17.6. The summed E-state index contributed by atoms with van der Waals surface area (Å²) in [4.78, 5) is 0. The average Bonchev–Trinajstić information content (AvgIpc) is 2.71. The number of rotatable bonds is 11. The van der Waals surface area contributed by atoms with Crippen LogP contribution in [0.15, 0.2) is 24.3 Å². The van der Waals surface area contributed by atoms with E-state index in [9.17, 15) is 5.11 Å². The fourth-order valence-electron chi connectivity index (χ4n) is 7.04. The quantitative estimate of drug-likeness (QED) is 0.232. The van der Waals surface area contributed by atoms with E-state index in [1.54, 1.807) is 0 Å². The van der Waals surface area contributed by atoms with Gasteiger partial charge < -0.3 is 14.0 Å². The van der Waals surface area contributed by atoms with Gasteiger partial charge in [-0.1, -0.05) is 77.9 Å². The maximum atomic E-state index is 9.86. The highest BCUT2D eigenvalue weighted by molar-refractivity contribution is 6.26. The van der Waals surface area contributed by atoms with Crippen LogP contribution in [0.25, 0.3) is 0 Å². The van der Waals surface area contributed by atoms with Crippen molar-refractivity contribution in [1.29, 1.82) is 0 Å². The maximum Gasteiger partial charge on any atom is 0.161 e. The minimum atomic E-state index is -0.740. The predicted molar refractivity (Wildman–Crippen MR) is 143 cm³/mol. The molecule has 3 nitrogen and oxygen atoms in total. The van der Waals surface area contributed by atoms with Gasteiger partial charge in [-0.3, -0.25) is 0 Å². The number of hydrogen-bond acceptors (Lipinski definition) is 3. The summed E-state index contributed by atoms with van der Waals surface area (Å²) in [6.45, 7) is 18.1. The molecular weight excluding hydrogens is 428 g/mol. The average molecular weight is 481 g/mol. The highest BCUT2D eigenvalue weighted by Crippen LogP contribution is 2.61. The number of fused-ring (bicyclic) bond motifs is 1. The molecule has 0 aromatic rings. The minimum absolute atomic E-state index is 0.00600. The van der Waals surface area contributed by atoms with Crippen molar-refractivity contribution in [3.63, 3.8) is 0 Å². The molecule has 5 heteroatoms. The Balaban J connectivity index is 2.17. The van der Waals surface area contributed by atoms with Gasteiger partial charge in [-0.2, -0.15) is 0 Å². The fourth-order valence-corrected chi connectivity index (χ4v) is 8.88. The Kier molecular flexibility index (Phi) is 10.5. The zero-order valence-electron chi connectivity index (χ0n) is 22.3. The van der Waals surface area contributed by atoms with E-state index >= 15 is 0 Å². The third kappa shape index (κ3) is 6.91. The van der Waals surface area contributed by atoms with E-state index in [1.165, 1.54) is 38.5 Å². The van der Waals surface area contributed by atoms with E-state index in [2.05, 4.69) is 52.9 Å². The molecule has 0 spiro atoms. The largest absolute Gasteiger partial charge is 0.400 e. The van der Waals surface area contributed by atoms with Crippen LogP contribution in [0.2, 0.25) is 13.1 Å². The van der Waals surface area contributed by atoms with Gasteiger partial charge in [-0.25, -0.2) is 0 Å². The third-order valence-corrected chi connectivity index (χ3v) is 9.86. The molecule has 186 valence electrons. The van der Waals surface area contributed by atoms with Crippen LogP contribution >= 0.6 is 0 Å². The first-order chi connectivity index (χ1) is 15.0.